The Morgan fingerprint density at radius 3 is 1.27 bits per heavy atom. The van der Waals surface area contributed by atoms with Crippen LogP contribution < -0.4 is 0 Å². The van der Waals surface area contributed by atoms with Gasteiger partial charge in [0.05, 0.1) is 62.0 Å². The number of nitrogens with zero attached hydrogens (tertiary/aromatic N) is 5. The minimum absolute atomic E-state index is 0.402. The van der Waals surface area contributed by atoms with Crippen molar-refractivity contribution in [2.75, 3.05) is 0 Å². The summed E-state index contributed by atoms with van der Waals surface area (Å²) in [4.78, 5) is 4.30. The van der Waals surface area contributed by atoms with Crippen LogP contribution in [0.3, 0.4) is 0 Å². The van der Waals surface area contributed by atoms with Crippen molar-refractivity contribution in [1.29, 1.82) is 0 Å². The normalized spacial score (nSPS) is 12.1. The monoisotopic (exact) mass is 997 g/mol. The van der Waals surface area contributed by atoms with Crippen LogP contribution in [-0.4, -0.2) is 18.3 Å². The fourth-order valence-corrected chi connectivity index (χ4v) is 12.4. The minimum atomic E-state index is -4.56. The molecule has 0 atom stereocenters. The summed E-state index contributed by atoms with van der Waals surface area (Å²) in [6, 6.07) is 79.8. The summed E-state index contributed by atoms with van der Waals surface area (Å²) in [6.07, 6.45) is -4.56. The highest BCUT2D eigenvalue weighted by atomic mass is 19.4. The number of hydrogen-bond donors (Lipinski definition) is 0. The number of para-hydroxylation sites is 6. The third kappa shape index (κ3) is 6.67. The molecule has 0 fully saturated rings. The summed E-state index contributed by atoms with van der Waals surface area (Å²) in [5.74, 6) is 0. The maximum absolute atomic E-state index is 14.7. The second-order valence-corrected chi connectivity index (χ2v) is 20.0. The molecule has 0 saturated carbocycles. The van der Waals surface area contributed by atoms with Crippen molar-refractivity contribution >= 4 is 92.9 Å². The van der Waals surface area contributed by atoms with E-state index in [0.29, 0.717) is 33.5 Å². The Morgan fingerprint density at radius 1 is 0.351 bits per heavy atom. The average Bonchev–Trinajstić information content (AvgIpc) is 4.27. The number of benzene rings is 11. The van der Waals surface area contributed by atoms with Crippen LogP contribution in [0.4, 0.5) is 18.9 Å². The highest BCUT2D eigenvalue weighted by Gasteiger charge is 2.32. The molecule has 8 heteroatoms. The first-order valence-electron chi connectivity index (χ1n) is 25.6. The lowest BCUT2D eigenvalue weighted by Gasteiger charge is -2.21. The van der Waals surface area contributed by atoms with Crippen LogP contribution in [0.1, 0.15) is 11.1 Å². The van der Waals surface area contributed by atoms with Gasteiger partial charge in [-0.2, -0.15) is 13.2 Å². The van der Waals surface area contributed by atoms with Crippen LogP contribution in [0.25, 0.3) is 137 Å². The Hall–Kier alpha value is -10.1. The van der Waals surface area contributed by atoms with Gasteiger partial charge < -0.3 is 18.3 Å². The fourth-order valence-electron chi connectivity index (χ4n) is 12.4. The van der Waals surface area contributed by atoms with Gasteiger partial charge in [0.2, 0.25) is 0 Å². The maximum atomic E-state index is 14.7. The lowest BCUT2D eigenvalue weighted by Crippen LogP contribution is -2.05. The second kappa shape index (κ2) is 16.7. The summed E-state index contributed by atoms with van der Waals surface area (Å²) in [7, 11) is 0. The molecule has 15 rings (SSSR count). The zero-order valence-corrected chi connectivity index (χ0v) is 41.4. The molecule has 77 heavy (non-hydrogen) atoms. The van der Waals surface area contributed by atoms with Crippen molar-refractivity contribution in [1.82, 2.24) is 18.3 Å². The molecule has 0 radical (unpaired) electrons. The van der Waals surface area contributed by atoms with E-state index >= 15 is 0 Å². The summed E-state index contributed by atoms with van der Waals surface area (Å²) in [5.41, 5.74) is 14.2. The molecule has 364 valence electrons. The van der Waals surface area contributed by atoms with E-state index in [1.165, 1.54) is 12.1 Å². The molecule has 0 aliphatic rings. The van der Waals surface area contributed by atoms with Crippen LogP contribution in [0, 0.1) is 13.5 Å². The van der Waals surface area contributed by atoms with Gasteiger partial charge in [-0.25, -0.2) is 4.85 Å². The van der Waals surface area contributed by atoms with Crippen molar-refractivity contribution in [2.45, 2.75) is 13.1 Å². The molecule has 0 N–H and O–H groups in total. The molecule has 0 aliphatic carbocycles. The summed E-state index contributed by atoms with van der Waals surface area (Å²) in [5, 5.41) is 8.70. The van der Waals surface area contributed by atoms with E-state index in [1.807, 2.05) is 54.6 Å². The molecule has 4 aromatic heterocycles. The quantitative estimate of drug-likeness (QED) is 0.148. The SMILES string of the molecule is [C-]#[N+]c1cccc(-n2c3ccccc3c3cc4c5ccccc5n(-c5ccccc5)c4cc32)c1-c1cc(-c2cc(C)cc(C(F)(F)F)c2)ccc1-n1c2ccccc2c2cc3c4ccccc4n(-c4ccccc4)c3cc21. The molecule has 5 nitrogen and oxygen atoms in total. The first-order chi connectivity index (χ1) is 37.7. The molecular weight excluding hydrogens is 956 g/mol. The van der Waals surface area contributed by atoms with E-state index in [4.69, 9.17) is 6.57 Å². The molecule has 0 unspecified atom stereocenters. The molecular formula is C69H42F3N5. The molecule has 4 heterocycles. The molecule has 0 bridgehead atoms. The largest absolute Gasteiger partial charge is 0.416 e. The summed E-state index contributed by atoms with van der Waals surface area (Å²) < 4.78 is 53.2. The minimum Gasteiger partial charge on any atom is -0.310 e. The van der Waals surface area contributed by atoms with Gasteiger partial charge in [0.25, 0.3) is 0 Å². The van der Waals surface area contributed by atoms with Crippen LogP contribution in [0.5, 0.6) is 0 Å². The average molecular weight is 998 g/mol. The van der Waals surface area contributed by atoms with Crippen molar-refractivity contribution in [3.05, 3.63) is 259 Å². The van der Waals surface area contributed by atoms with Crippen LogP contribution >= 0.6 is 0 Å². The number of aryl methyl sites for hydroxylation is 1. The van der Waals surface area contributed by atoms with E-state index in [2.05, 4.69) is 187 Å². The fraction of sp³-hybridized carbons (Fsp3) is 0.0290. The Kier molecular flexibility index (Phi) is 9.63. The Balaban J connectivity index is 1.08. The first-order valence-corrected chi connectivity index (χ1v) is 25.6. The number of aromatic nitrogens is 4. The van der Waals surface area contributed by atoms with E-state index < -0.39 is 11.7 Å². The number of alkyl halides is 3. The number of rotatable bonds is 6. The summed E-state index contributed by atoms with van der Waals surface area (Å²) in [6.45, 7) is 10.7. The molecule has 0 saturated heterocycles. The zero-order valence-electron chi connectivity index (χ0n) is 41.4. The van der Waals surface area contributed by atoms with Gasteiger partial charge in [-0.3, -0.25) is 0 Å². The Bertz CT molecular complexity index is 4990. The van der Waals surface area contributed by atoms with Crippen molar-refractivity contribution < 1.29 is 13.2 Å². The van der Waals surface area contributed by atoms with Gasteiger partial charge in [-0.1, -0.05) is 133 Å². The Morgan fingerprint density at radius 2 is 0.792 bits per heavy atom. The van der Waals surface area contributed by atoms with E-state index in [9.17, 15) is 13.2 Å². The van der Waals surface area contributed by atoms with E-state index in [-0.39, 0.29) is 0 Å². The molecule has 0 aliphatic heterocycles. The molecule has 15 aromatic rings. The second-order valence-electron chi connectivity index (χ2n) is 20.0. The third-order valence-electron chi connectivity index (χ3n) is 15.6. The van der Waals surface area contributed by atoms with Gasteiger partial charge in [0, 0.05) is 65.7 Å². The highest BCUT2D eigenvalue weighted by molar-refractivity contribution is 6.21. The van der Waals surface area contributed by atoms with Gasteiger partial charge in [0.15, 0.2) is 5.69 Å². The number of fused-ring (bicyclic) bond motifs is 12. The van der Waals surface area contributed by atoms with Gasteiger partial charge >= 0.3 is 6.18 Å². The third-order valence-corrected chi connectivity index (χ3v) is 15.6. The predicted molar refractivity (Wildman–Crippen MR) is 311 cm³/mol. The standard InChI is InChI=1S/C69H42F3N5/c1-42-34-44(36-45(35-42)69(70,71)72)43-32-33-62(76-60-29-15-11-24-50(60)54-38-52-48-22-9-13-27-58(48)74(64(52)40-66(54)76)46-18-5-3-6-19-46)56(37-43)68-57(73-2)26-17-31-63(68)77-61-30-16-12-25-51(61)55-39-53-49-23-10-14-28-59(49)75(65(53)41-67(55)77)47-20-7-4-8-21-47/h3-41H,1H3. The lowest BCUT2D eigenvalue weighted by molar-refractivity contribution is -0.137. The highest BCUT2D eigenvalue weighted by Crippen LogP contribution is 2.48. The number of halogens is 3. The first kappa shape index (κ1) is 44.4. The van der Waals surface area contributed by atoms with E-state index in [1.54, 1.807) is 13.0 Å². The van der Waals surface area contributed by atoms with Gasteiger partial charge in [0.1, 0.15) is 0 Å². The maximum Gasteiger partial charge on any atom is 0.416 e. The van der Waals surface area contributed by atoms with Crippen LogP contribution in [0.2, 0.25) is 0 Å². The van der Waals surface area contributed by atoms with Gasteiger partial charge in [-0.15, -0.1) is 0 Å². The Labute approximate surface area is 439 Å². The predicted octanol–water partition coefficient (Wildman–Crippen LogP) is 19.3. The van der Waals surface area contributed by atoms with Crippen molar-refractivity contribution in [3.8, 4) is 45.0 Å². The molecule has 0 amide bonds. The van der Waals surface area contributed by atoms with Crippen molar-refractivity contribution in [3.63, 3.8) is 0 Å². The molecule has 11 aromatic carbocycles. The van der Waals surface area contributed by atoms with Crippen molar-refractivity contribution in [2.24, 2.45) is 0 Å². The smallest absolute Gasteiger partial charge is 0.310 e. The lowest BCUT2D eigenvalue weighted by atomic mass is 9.93. The number of hydrogen-bond acceptors (Lipinski definition) is 0. The van der Waals surface area contributed by atoms with E-state index in [0.717, 1.165) is 110 Å². The van der Waals surface area contributed by atoms with Crippen LogP contribution in [-0.2, 0) is 6.18 Å². The van der Waals surface area contributed by atoms with Gasteiger partial charge in [-0.05, 0) is 132 Å². The van der Waals surface area contributed by atoms with Crippen LogP contribution in [0.15, 0.2) is 237 Å². The topological polar surface area (TPSA) is 24.1 Å². The molecule has 0 spiro atoms. The summed E-state index contributed by atoms with van der Waals surface area (Å²) >= 11 is 0. The zero-order chi connectivity index (χ0) is 51.7.